The van der Waals surface area contributed by atoms with E-state index in [0.29, 0.717) is 11.7 Å². The van der Waals surface area contributed by atoms with Crippen LogP contribution in [0.2, 0.25) is 0 Å². The summed E-state index contributed by atoms with van der Waals surface area (Å²) in [6.45, 7) is 3.76. The minimum absolute atomic E-state index is 0.132. The topological polar surface area (TPSA) is 87.0 Å². The molecule has 3 rings (SSSR count). The summed E-state index contributed by atoms with van der Waals surface area (Å²) in [4.78, 5) is 16.3. The van der Waals surface area contributed by atoms with E-state index in [1.165, 1.54) is 22.9 Å². The van der Waals surface area contributed by atoms with Crippen LogP contribution in [-0.4, -0.2) is 19.7 Å². The lowest BCUT2D eigenvalue weighted by Gasteiger charge is -2.02. The molecule has 9 heteroatoms. The molecule has 0 aliphatic carbocycles. The molecule has 120 valence electrons. The third-order valence-electron chi connectivity index (χ3n) is 3.25. The Balaban J connectivity index is 1.86. The molecule has 0 unspecified atom stereocenters. The van der Waals surface area contributed by atoms with E-state index < -0.39 is 12.3 Å². The molecule has 0 fully saturated rings. The van der Waals surface area contributed by atoms with E-state index >= 15 is 0 Å². The van der Waals surface area contributed by atoms with E-state index in [4.69, 9.17) is 8.83 Å². The monoisotopic (exact) mass is 322 g/mol. The number of rotatable bonds is 4. The van der Waals surface area contributed by atoms with E-state index in [0.717, 1.165) is 5.69 Å². The first kappa shape index (κ1) is 15.1. The first-order valence-corrected chi connectivity index (χ1v) is 6.69. The first-order chi connectivity index (χ1) is 10.9. The highest BCUT2D eigenvalue weighted by atomic mass is 19.3. The van der Waals surface area contributed by atoms with Gasteiger partial charge in [-0.3, -0.25) is 4.79 Å². The van der Waals surface area contributed by atoms with Crippen LogP contribution >= 0.6 is 0 Å². The van der Waals surface area contributed by atoms with Crippen LogP contribution in [0, 0.1) is 13.8 Å². The smallest absolute Gasteiger partial charge is 0.314 e. The van der Waals surface area contributed by atoms with Crippen molar-refractivity contribution < 1.29 is 17.6 Å². The van der Waals surface area contributed by atoms with Gasteiger partial charge in [-0.1, -0.05) is 0 Å². The SMILES string of the molecule is Cc1nc(Cn2ccc(-c3nnc(C(F)F)o3)cc2=O)oc1C. The Labute approximate surface area is 128 Å². The third-order valence-corrected chi connectivity index (χ3v) is 3.25. The van der Waals surface area contributed by atoms with Crippen LogP contribution in [0.15, 0.2) is 32.0 Å². The lowest BCUT2D eigenvalue weighted by atomic mass is 10.2. The maximum Gasteiger partial charge on any atom is 0.314 e. The van der Waals surface area contributed by atoms with Crippen molar-refractivity contribution in [2.75, 3.05) is 0 Å². The van der Waals surface area contributed by atoms with Gasteiger partial charge >= 0.3 is 6.43 Å². The lowest BCUT2D eigenvalue weighted by molar-refractivity contribution is 0.116. The molecular weight excluding hydrogens is 310 g/mol. The molecule has 3 heterocycles. The van der Waals surface area contributed by atoms with Crippen molar-refractivity contribution in [2.45, 2.75) is 26.8 Å². The summed E-state index contributed by atoms with van der Waals surface area (Å²) < 4.78 is 36.5. The fourth-order valence-corrected chi connectivity index (χ4v) is 1.96. The predicted molar refractivity (Wildman–Crippen MR) is 74.0 cm³/mol. The number of aryl methyl sites for hydroxylation is 2. The predicted octanol–water partition coefficient (Wildman–Crippen LogP) is 2.49. The second-order valence-electron chi connectivity index (χ2n) is 4.88. The lowest BCUT2D eigenvalue weighted by Crippen LogP contribution is -2.19. The maximum atomic E-state index is 12.4. The van der Waals surface area contributed by atoms with Crippen LogP contribution in [-0.2, 0) is 6.54 Å². The summed E-state index contributed by atoms with van der Waals surface area (Å²) >= 11 is 0. The number of hydrogen-bond donors (Lipinski definition) is 0. The molecule has 23 heavy (non-hydrogen) atoms. The average molecular weight is 322 g/mol. The van der Waals surface area contributed by atoms with Crippen molar-refractivity contribution in [2.24, 2.45) is 0 Å². The minimum atomic E-state index is -2.85. The molecule has 0 aliphatic rings. The van der Waals surface area contributed by atoms with Gasteiger partial charge in [-0.15, -0.1) is 10.2 Å². The van der Waals surface area contributed by atoms with Crippen molar-refractivity contribution in [3.05, 3.63) is 51.9 Å². The molecule has 0 aliphatic heterocycles. The second kappa shape index (κ2) is 5.75. The highest BCUT2D eigenvalue weighted by molar-refractivity contribution is 5.50. The molecule has 0 atom stereocenters. The Morgan fingerprint density at radius 3 is 2.61 bits per heavy atom. The Morgan fingerprint density at radius 1 is 1.26 bits per heavy atom. The molecule has 0 radical (unpaired) electrons. The highest BCUT2D eigenvalue weighted by Crippen LogP contribution is 2.22. The fourth-order valence-electron chi connectivity index (χ4n) is 1.96. The van der Waals surface area contributed by atoms with Crippen molar-refractivity contribution in [1.82, 2.24) is 19.7 Å². The molecule has 3 aromatic rings. The summed E-state index contributed by atoms with van der Waals surface area (Å²) in [5, 5.41) is 6.73. The van der Waals surface area contributed by atoms with Gasteiger partial charge in [-0.05, 0) is 19.9 Å². The van der Waals surface area contributed by atoms with E-state index in [-0.39, 0.29) is 23.6 Å². The Morgan fingerprint density at radius 2 is 2.04 bits per heavy atom. The summed E-state index contributed by atoms with van der Waals surface area (Å²) in [5.74, 6) is 0.185. The Hall–Kier alpha value is -2.84. The van der Waals surface area contributed by atoms with Gasteiger partial charge in [-0.25, -0.2) is 4.98 Å². The van der Waals surface area contributed by atoms with E-state index in [1.807, 2.05) is 6.92 Å². The summed E-state index contributed by atoms with van der Waals surface area (Å²) in [6.07, 6.45) is -1.37. The molecule has 0 spiro atoms. The van der Waals surface area contributed by atoms with Crippen LogP contribution in [0.3, 0.4) is 0 Å². The van der Waals surface area contributed by atoms with Crippen molar-refractivity contribution in [3.63, 3.8) is 0 Å². The molecular formula is C14H12F2N4O3. The zero-order valence-electron chi connectivity index (χ0n) is 12.3. The van der Waals surface area contributed by atoms with Crippen LogP contribution < -0.4 is 5.56 Å². The molecule has 0 amide bonds. The second-order valence-corrected chi connectivity index (χ2v) is 4.88. The molecule has 0 aromatic carbocycles. The molecule has 7 nitrogen and oxygen atoms in total. The van der Waals surface area contributed by atoms with Gasteiger partial charge in [0.25, 0.3) is 11.4 Å². The number of oxazole rings is 1. The van der Waals surface area contributed by atoms with Crippen LogP contribution in [0.4, 0.5) is 8.78 Å². The maximum absolute atomic E-state index is 12.4. The van der Waals surface area contributed by atoms with Crippen molar-refractivity contribution in [3.8, 4) is 11.5 Å². The third kappa shape index (κ3) is 3.03. The van der Waals surface area contributed by atoms with Gasteiger partial charge in [-0.2, -0.15) is 8.78 Å². The molecule has 3 aromatic heterocycles. The number of pyridine rings is 1. The fraction of sp³-hybridized carbons (Fsp3) is 0.286. The van der Waals surface area contributed by atoms with Crippen molar-refractivity contribution in [1.29, 1.82) is 0 Å². The first-order valence-electron chi connectivity index (χ1n) is 6.69. The summed E-state index contributed by atoms with van der Waals surface area (Å²) in [7, 11) is 0. The Kier molecular flexibility index (Phi) is 3.77. The molecule has 0 saturated carbocycles. The van der Waals surface area contributed by atoms with E-state index in [1.54, 1.807) is 6.92 Å². The highest BCUT2D eigenvalue weighted by Gasteiger charge is 2.17. The summed E-state index contributed by atoms with van der Waals surface area (Å²) in [6, 6.07) is 2.75. The number of halogens is 2. The number of hydrogen-bond acceptors (Lipinski definition) is 6. The van der Waals surface area contributed by atoms with Gasteiger partial charge in [0, 0.05) is 17.8 Å². The molecule has 0 N–H and O–H groups in total. The molecule has 0 bridgehead atoms. The van der Waals surface area contributed by atoms with Gasteiger partial charge in [0.15, 0.2) is 0 Å². The van der Waals surface area contributed by atoms with E-state index in [9.17, 15) is 13.6 Å². The van der Waals surface area contributed by atoms with Gasteiger partial charge in [0.05, 0.1) is 5.69 Å². The van der Waals surface area contributed by atoms with Gasteiger partial charge in [0.2, 0.25) is 11.8 Å². The summed E-state index contributed by atoms with van der Waals surface area (Å²) in [5.41, 5.74) is 0.660. The van der Waals surface area contributed by atoms with Gasteiger partial charge in [0.1, 0.15) is 12.3 Å². The molecule has 0 saturated heterocycles. The quantitative estimate of drug-likeness (QED) is 0.733. The standard InChI is InChI=1S/C14H12F2N4O3/c1-7-8(2)22-10(17-7)6-20-4-3-9(5-11(20)21)13-18-19-14(23-13)12(15)16/h3-5,12H,6H2,1-2H3. The number of aromatic nitrogens is 4. The zero-order valence-corrected chi connectivity index (χ0v) is 12.3. The number of nitrogens with zero attached hydrogens (tertiary/aromatic N) is 4. The minimum Gasteiger partial charge on any atom is -0.444 e. The van der Waals surface area contributed by atoms with Crippen LogP contribution in [0.1, 0.15) is 29.7 Å². The number of alkyl halides is 2. The van der Waals surface area contributed by atoms with Crippen LogP contribution in [0.5, 0.6) is 0 Å². The Bertz CT molecular complexity index is 878. The zero-order chi connectivity index (χ0) is 16.6. The normalized spacial score (nSPS) is 11.3. The largest absolute Gasteiger partial charge is 0.444 e. The van der Waals surface area contributed by atoms with Crippen LogP contribution in [0.25, 0.3) is 11.5 Å². The van der Waals surface area contributed by atoms with Gasteiger partial charge < -0.3 is 13.4 Å². The average Bonchev–Trinajstić information content (AvgIpc) is 3.09. The van der Waals surface area contributed by atoms with E-state index in [2.05, 4.69) is 15.2 Å². The van der Waals surface area contributed by atoms with Crippen molar-refractivity contribution >= 4 is 0 Å².